The van der Waals surface area contributed by atoms with Crippen LogP contribution in [0.5, 0.6) is 23.0 Å². The molecule has 3 heterocycles. The second kappa shape index (κ2) is 15.5. The maximum absolute atomic E-state index is 10.3. The smallest absolute Gasteiger partial charge is 0.394 e. The first kappa shape index (κ1) is 37.0. The van der Waals surface area contributed by atoms with Gasteiger partial charge in [-0.15, -0.1) is 0 Å². The van der Waals surface area contributed by atoms with E-state index in [0.29, 0.717) is 23.6 Å². The normalized spacial score (nSPS) is 20.7. The van der Waals surface area contributed by atoms with Crippen LogP contribution in [0.4, 0.5) is 0 Å². The number of benzene rings is 2. The lowest BCUT2D eigenvalue weighted by atomic mass is 9.73. The lowest BCUT2D eigenvalue weighted by Gasteiger charge is -2.47. The minimum Gasteiger partial charge on any atom is -0.504 e. The van der Waals surface area contributed by atoms with E-state index in [9.17, 15) is 5.11 Å². The number of phenols is 1. The zero-order chi connectivity index (χ0) is 28.3. The van der Waals surface area contributed by atoms with Crippen LogP contribution >= 0.6 is 0 Å². The Morgan fingerprint density at radius 3 is 2.12 bits per heavy atom. The first-order valence-electron chi connectivity index (χ1n) is 13.2. The van der Waals surface area contributed by atoms with Gasteiger partial charge in [-0.3, -0.25) is 19.0 Å². The Balaban J connectivity index is 0.00000102. The van der Waals surface area contributed by atoms with Gasteiger partial charge in [0.25, 0.3) is 0 Å². The van der Waals surface area contributed by atoms with Crippen molar-refractivity contribution < 1.29 is 53.3 Å². The Kier molecular flexibility index (Phi) is 13.7. The van der Waals surface area contributed by atoms with Crippen LogP contribution in [0.1, 0.15) is 54.5 Å². The molecule has 9 N–H and O–H groups in total. The third-order valence-corrected chi connectivity index (χ3v) is 8.15. The molecule has 0 saturated carbocycles. The zero-order valence-corrected chi connectivity index (χ0v) is 25.2. The van der Waals surface area contributed by atoms with Crippen LogP contribution in [-0.2, 0) is 23.2 Å². The summed E-state index contributed by atoms with van der Waals surface area (Å²) in [6.45, 7) is 5.32. The molecule has 238 valence electrons. The standard InChI is InChI=1S/C28H36N2O4.H2O4S.3H2O/c1-5-17-16-30-9-7-19-13-27(33-3)28(34-4)15-22(19)24(30)11-20(17)10-23-21-14-26(32-2)25(31)12-18(21)6-8-29-23;1-5(2,3)4;;;/h12-15,17,20,24,31H,5-11,16H2,1-4H3;(H2,1,2,3,4);3*1H2/t17-,20-,24-;;;;/m0..../s1. The van der Waals surface area contributed by atoms with Crippen molar-refractivity contribution in [3.8, 4) is 23.0 Å². The van der Waals surface area contributed by atoms with Gasteiger partial charge in [-0.25, -0.2) is 0 Å². The molecule has 1 fully saturated rings. The van der Waals surface area contributed by atoms with Gasteiger partial charge in [0.1, 0.15) is 0 Å². The molecule has 2 aromatic carbocycles. The van der Waals surface area contributed by atoms with Crippen molar-refractivity contribution in [1.29, 1.82) is 0 Å². The molecule has 5 rings (SSSR count). The number of hydrogen-bond acceptors (Lipinski definition) is 8. The van der Waals surface area contributed by atoms with Gasteiger partial charge >= 0.3 is 10.4 Å². The summed E-state index contributed by atoms with van der Waals surface area (Å²) < 4.78 is 48.2. The van der Waals surface area contributed by atoms with E-state index in [1.165, 1.54) is 28.8 Å². The van der Waals surface area contributed by atoms with Gasteiger partial charge in [0.05, 0.1) is 21.3 Å². The number of methoxy groups -OCH3 is 3. The van der Waals surface area contributed by atoms with Gasteiger partial charge in [0.2, 0.25) is 0 Å². The van der Waals surface area contributed by atoms with Gasteiger partial charge in [-0.1, -0.05) is 13.3 Å². The summed E-state index contributed by atoms with van der Waals surface area (Å²) in [7, 11) is 0.361. The van der Waals surface area contributed by atoms with Crippen LogP contribution in [0.15, 0.2) is 29.3 Å². The molecule has 0 radical (unpaired) electrons. The lowest BCUT2D eigenvalue weighted by Crippen LogP contribution is -2.46. The molecule has 0 aromatic heterocycles. The summed E-state index contributed by atoms with van der Waals surface area (Å²) in [5.41, 5.74) is 6.26. The van der Waals surface area contributed by atoms with Crippen molar-refractivity contribution in [3.05, 3.63) is 46.5 Å². The van der Waals surface area contributed by atoms with E-state index >= 15 is 0 Å². The molecule has 14 heteroatoms. The van der Waals surface area contributed by atoms with E-state index < -0.39 is 10.4 Å². The van der Waals surface area contributed by atoms with Gasteiger partial charge in [-0.05, 0) is 78.5 Å². The molecule has 13 nitrogen and oxygen atoms in total. The molecule has 3 aliphatic rings. The molecule has 0 spiro atoms. The Hall–Kier alpha value is -2.98. The highest BCUT2D eigenvalue weighted by Gasteiger charge is 2.39. The number of rotatable bonds is 6. The van der Waals surface area contributed by atoms with Crippen molar-refractivity contribution in [2.45, 2.75) is 45.1 Å². The summed E-state index contributed by atoms with van der Waals surface area (Å²) in [5, 5.41) is 10.3. The number of aromatic hydroxyl groups is 1. The van der Waals surface area contributed by atoms with E-state index in [1.54, 1.807) is 21.3 Å². The summed E-state index contributed by atoms with van der Waals surface area (Å²) in [5.74, 6) is 3.57. The van der Waals surface area contributed by atoms with E-state index in [1.807, 2.05) is 12.1 Å². The predicted octanol–water partition coefficient (Wildman–Crippen LogP) is 1.67. The molecule has 0 amide bonds. The molecule has 3 atom stereocenters. The largest absolute Gasteiger partial charge is 0.504 e. The lowest BCUT2D eigenvalue weighted by molar-refractivity contribution is 0.0546. The van der Waals surface area contributed by atoms with Gasteiger partial charge in [-0.2, -0.15) is 8.42 Å². The van der Waals surface area contributed by atoms with Crippen molar-refractivity contribution in [1.82, 2.24) is 4.90 Å². The van der Waals surface area contributed by atoms with Gasteiger partial charge in [0, 0.05) is 37.0 Å². The number of hydrogen-bond donors (Lipinski definition) is 3. The van der Waals surface area contributed by atoms with E-state index in [4.69, 9.17) is 36.7 Å². The Morgan fingerprint density at radius 2 is 1.52 bits per heavy atom. The summed E-state index contributed by atoms with van der Waals surface area (Å²) >= 11 is 0. The number of nitrogens with zero attached hydrogens (tertiary/aromatic N) is 2. The fraction of sp³-hybridized carbons (Fsp3) is 0.536. The summed E-state index contributed by atoms with van der Waals surface area (Å²) in [4.78, 5) is 7.64. The molecule has 1 saturated heterocycles. The fourth-order valence-electron chi connectivity index (χ4n) is 6.29. The maximum Gasteiger partial charge on any atom is 0.394 e. The molecule has 2 aromatic rings. The molecular weight excluding hydrogens is 572 g/mol. The van der Waals surface area contributed by atoms with E-state index in [0.717, 1.165) is 62.4 Å². The van der Waals surface area contributed by atoms with E-state index in [-0.39, 0.29) is 22.2 Å². The van der Waals surface area contributed by atoms with Crippen molar-refractivity contribution in [2.24, 2.45) is 16.8 Å². The monoisotopic (exact) mass is 616 g/mol. The van der Waals surface area contributed by atoms with Crippen molar-refractivity contribution in [3.63, 3.8) is 0 Å². The Morgan fingerprint density at radius 1 is 0.905 bits per heavy atom. The Bertz CT molecular complexity index is 1330. The maximum atomic E-state index is 10.3. The van der Waals surface area contributed by atoms with Crippen molar-refractivity contribution in [2.75, 3.05) is 41.0 Å². The SMILES string of the molecule is CC[C@H]1CN2CCc3cc(OC)c(OC)cc3[C@@H]2C[C@@H]1CC1=NCCc2cc(O)c(OC)cc21.O.O.O.O=S(=O)(O)O. The van der Waals surface area contributed by atoms with Crippen LogP contribution < -0.4 is 14.2 Å². The number of aliphatic imine (C=N–C) groups is 1. The third kappa shape index (κ3) is 8.31. The fourth-order valence-corrected chi connectivity index (χ4v) is 6.29. The molecule has 0 aliphatic carbocycles. The van der Waals surface area contributed by atoms with Gasteiger partial charge < -0.3 is 35.7 Å². The third-order valence-electron chi connectivity index (χ3n) is 8.15. The van der Waals surface area contributed by atoms with Crippen LogP contribution in [0.3, 0.4) is 0 Å². The number of ether oxygens (including phenoxy) is 3. The van der Waals surface area contributed by atoms with Gasteiger partial charge in [0.15, 0.2) is 23.0 Å². The Labute approximate surface area is 246 Å². The highest BCUT2D eigenvalue weighted by molar-refractivity contribution is 7.79. The minimum atomic E-state index is -4.67. The second-order valence-corrected chi connectivity index (χ2v) is 11.1. The van der Waals surface area contributed by atoms with Crippen LogP contribution in [0, 0.1) is 11.8 Å². The molecule has 3 aliphatic heterocycles. The number of piperidine rings is 1. The predicted molar refractivity (Wildman–Crippen MR) is 159 cm³/mol. The first-order chi connectivity index (χ1) is 18.6. The van der Waals surface area contributed by atoms with Crippen molar-refractivity contribution >= 4 is 16.1 Å². The highest BCUT2D eigenvalue weighted by Crippen LogP contribution is 2.46. The second-order valence-electron chi connectivity index (χ2n) is 10.2. The molecule has 42 heavy (non-hydrogen) atoms. The van der Waals surface area contributed by atoms with Crippen LogP contribution in [0.25, 0.3) is 0 Å². The first-order valence-corrected chi connectivity index (χ1v) is 14.6. The molecular formula is C28H44N2O11S. The highest BCUT2D eigenvalue weighted by atomic mass is 32.3. The number of phenolic OH excluding ortho intramolecular Hbond substituents is 1. The van der Waals surface area contributed by atoms with E-state index in [2.05, 4.69) is 24.0 Å². The number of fused-ring (bicyclic) bond motifs is 4. The topological polar surface area (TPSA) is 233 Å². The zero-order valence-electron chi connectivity index (χ0n) is 24.4. The minimum absolute atomic E-state index is 0. The average molecular weight is 617 g/mol. The molecule has 0 bridgehead atoms. The van der Waals surface area contributed by atoms with Crippen LogP contribution in [0.2, 0.25) is 0 Å². The quantitative estimate of drug-likeness (QED) is 0.400. The summed E-state index contributed by atoms with van der Waals surface area (Å²) in [6.07, 6.45) is 5.17. The van der Waals surface area contributed by atoms with Crippen LogP contribution in [-0.4, -0.2) is 90.6 Å². The summed E-state index contributed by atoms with van der Waals surface area (Å²) in [6, 6.07) is 8.61. The average Bonchev–Trinajstić information content (AvgIpc) is 2.90. The molecule has 0 unspecified atom stereocenters.